The molecule has 0 saturated heterocycles. The van der Waals surface area contributed by atoms with E-state index in [9.17, 15) is 14.4 Å². The minimum absolute atomic E-state index is 0.0849. The molecule has 0 aliphatic rings. The third kappa shape index (κ3) is 6.23. The fraction of sp³-hybridized carbons (Fsp3) is 0.105. The van der Waals surface area contributed by atoms with Crippen LogP contribution in [0.15, 0.2) is 58.7 Å². The average molecular weight is 452 g/mol. The third-order valence-electron chi connectivity index (χ3n) is 3.50. The Hall–Kier alpha value is -2.64. The van der Waals surface area contributed by atoms with E-state index in [1.54, 1.807) is 48.5 Å². The minimum atomic E-state index is -1.19. The second-order valence-electron chi connectivity index (χ2n) is 5.60. The first-order valence-corrected chi connectivity index (χ1v) is 9.01. The van der Waals surface area contributed by atoms with Crippen LogP contribution < -0.4 is 10.6 Å². The van der Waals surface area contributed by atoms with E-state index in [4.69, 9.17) is 16.7 Å². The highest BCUT2D eigenvalue weighted by Gasteiger charge is 2.19. The van der Waals surface area contributed by atoms with E-state index in [1.807, 2.05) is 0 Å². The molecule has 0 heterocycles. The number of rotatable bonds is 6. The molecular formula is C19H16BrClN2O4. The number of carbonyl (C=O) groups is 3. The van der Waals surface area contributed by atoms with Gasteiger partial charge in [-0.15, -0.1) is 0 Å². The molecule has 0 fully saturated rings. The van der Waals surface area contributed by atoms with Crippen molar-refractivity contribution in [1.82, 2.24) is 10.6 Å². The summed E-state index contributed by atoms with van der Waals surface area (Å²) in [5, 5.41) is 14.4. The van der Waals surface area contributed by atoms with Crippen LogP contribution >= 0.6 is 27.5 Å². The van der Waals surface area contributed by atoms with Crippen molar-refractivity contribution in [2.24, 2.45) is 0 Å². The largest absolute Gasteiger partial charge is 0.480 e. The van der Waals surface area contributed by atoms with Crippen molar-refractivity contribution in [3.05, 3.63) is 74.9 Å². The van der Waals surface area contributed by atoms with E-state index < -0.39 is 23.8 Å². The van der Waals surface area contributed by atoms with Crippen molar-refractivity contribution >= 4 is 51.4 Å². The summed E-state index contributed by atoms with van der Waals surface area (Å²) in [4.78, 5) is 35.9. The lowest BCUT2D eigenvalue weighted by molar-refractivity contribution is -0.140. The van der Waals surface area contributed by atoms with Crippen LogP contribution in [0.1, 0.15) is 22.8 Å². The summed E-state index contributed by atoms with van der Waals surface area (Å²) in [5.41, 5.74) is 0.876. The van der Waals surface area contributed by atoms with Gasteiger partial charge in [0, 0.05) is 15.1 Å². The monoisotopic (exact) mass is 450 g/mol. The fourth-order valence-corrected chi connectivity index (χ4v) is 2.41. The Morgan fingerprint density at radius 1 is 1.07 bits per heavy atom. The number of nitrogens with one attached hydrogen (secondary N) is 2. The first kappa shape index (κ1) is 20.7. The topological polar surface area (TPSA) is 95.5 Å². The molecular weight excluding hydrogens is 436 g/mol. The number of hydrogen-bond acceptors (Lipinski definition) is 3. The highest BCUT2D eigenvalue weighted by molar-refractivity contribution is 9.10. The normalized spacial score (nSPS) is 12.2. The summed E-state index contributed by atoms with van der Waals surface area (Å²) >= 11 is 9.14. The van der Waals surface area contributed by atoms with Gasteiger partial charge in [-0.25, -0.2) is 0 Å². The molecule has 27 heavy (non-hydrogen) atoms. The number of halogens is 2. The molecule has 1 atom stereocenters. The van der Waals surface area contributed by atoms with Gasteiger partial charge in [0.2, 0.25) is 0 Å². The summed E-state index contributed by atoms with van der Waals surface area (Å²) in [6.07, 6.45) is 1.44. The highest BCUT2D eigenvalue weighted by atomic mass is 79.9. The zero-order chi connectivity index (χ0) is 20.0. The SMILES string of the molecule is CC(NC(=O)C(=Cc1ccc(Cl)cc1)NC(=O)c1ccc(Br)cc1)C(=O)O. The van der Waals surface area contributed by atoms with Gasteiger partial charge in [-0.1, -0.05) is 39.7 Å². The molecule has 8 heteroatoms. The maximum Gasteiger partial charge on any atom is 0.325 e. The van der Waals surface area contributed by atoms with Crippen LogP contribution in [-0.2, 0) is 9.59 Å². The second kappa shape index (κ2) is 9.34. The zero-order valence-electron chi connectivity index (χ0n) is 14.2. The lowest BCUT2D eigenvalue weighted by Gasteiger charge is -2.13. The molecule has 140 valence electrons. The molecule has 2 aromatic carbocycles. The fourth-order valence-electron chi connectivity index (χ4n) is 2.02. The highest BCUT2D eigenvalue weighted by Crippen LogP contribution is 2.14. The van der Waals surface area contributed by atoms with Crippen LogP contribution in [0.3, 0.4) is 0 Å². The van der Waals surface area contributed by atoms with Gasteiger partial charge in [0.15, 0.2) is 0 Å². The van der Waals surface area contributed by atoms with Crippen LogP contribution in [0.5, 0.6) is 0 Å². The van der Waals surface area contributed by atoms with Gasteiger partial charge in [0.25, 0.3) is 11.8 Å². The molecule has 2 rings (SSSR count). The number of hydrogen-bond donors (Lipinski definition) is 3. The van der Waals surface area contributed by atoms with Crippen LogP contribution in [0.2, 0.25) is 5.02 Å². The molecule has 6 nitrogen and oxygen atoms in total. The van der Waals surface area contributed by atoms with Gasteiger partial charge in [-0.3, -0.25) is 14.4 Å². The van der Waals surface area contributed by atoms with Crippen LogP contribution in [-0.4, -0.2) is 28.9 Å². The van der Waals surface area contributed by atoms with Gasteiger partial charge in [0.05, 0.1) is 0 Å². The summed E-state index contributed by atoms with van der Waals surface area (Å²) in [5.74, 6) is -2.40. The van der Waals surface area contributed by atoms with Crippen molar-refractivity contribution in [3.63, 3.8) is 0 Å². The maximum absolute atomic E-state index is 12.5. The Bertz CT molecular complexity index is 880. The summed E-state index contributed by atoms with van der Waals surface area (Å²) in [7, 11) is 0. The van der Waals surface area contributed by atoms with E-state index in [1.165, 1.54) is 13.0 Å². The molecule has 0 radical (unpaired) electrons. The molecule has 0 aliphatic carbocycles. The standard InChI is InChI=1S/C19H16BrClN2O4/c1-11(19(26)27)22-18(25)16(10-12-2-8-15(21)9-3-12)23-17(24)13-4-6-14(20)7-5-13/h2-11H,1H3,(H,22,25)(H,23,24)(H,26,27). The van der Waals surface area contributed by atoms with Crippen LogP contribution in [0, 0.1) is 0 Å². The van der Waals surface area contributed by atoms with Crippen molar-refractivity contribution in [2.45, 2.75) is 13.0 Å². The first-order valence-electron chi connectivity index (χ1n) is 7.84. The molecule has 0 bridgehead atoms. The molecule has 0 aliphatic heterocycles. The first-order chi connectivity index (χ1) is 12.8. The molecule has 0 spiro atoms. The Kier molecular flexibility index (Phi) is 7.15. The predicted octanol–water partition coefficient (Wildman–Crippen LogP) is 3.46. The van der Waals surface area contributed by atoms with E-state index in [2.05, 4.69) is 26.6 Å². The summed E-state index contributed by atoms with van der Waals surface area (Å²) in [6.45, 7) is 1.33. The number of carbonyl (C=O) groups excluding carboxylic acids is 2. The van der Waals surface area contributed by atoms with Crippen molar-refractivity contribution in [1.29, 1.82) is 0 Å². The zero-order valence-corrected chi connectivity index (χ0v) is 16.5. The number of amides is 2. The molecule has 0 aromatic heterocycles. The second-order valence-corrected chi connectivity index (χ2v) is 6.96. The van der Waals surface area contributed by atoms with Gasteiger partial charge in [-0.05, 0) is 55.0 Å². The number of benzene rings is 2. The average Bonchev–Trinajstić information content (AvgIpc) is 2.63. The van der Waals surface area contributed by atoms with Crippen molar-refractivity contribution in [3.8, 4) is 0 Å². The van der Waals surface area contributed by atoms with Crippen LogP contribution in [0.25, 0.3) is 6.08 Å². The van der Waals surface area contributed by atoms with E-state index in [-0.39, 0.29) is 5.70 Å². The van der Waals surface area contributed by atoms with Gasteiger partial charge in [0.1, 0.15) is 11.7 Å². The summed E-state index contributed by atoms with van der Waals surface area (Å²) < 4.78 is 0.809. The lowest BCUT2D eigenvalue weighted by atomic mass is 10.1. The molecule has 3 N–H and O–H groups in total. The summed E-state index contributed by atoms with van der Waals surface area (Å²) in [6, 6.07) is 12.1. The molecule has 2 aromatic rings. The third-order valence-corrected chi connectivity index (χ3v) is 4.28. The Labute approximate surface area is 169 Å². The maximum atomic E-state index is 12.5. The van der Waals surface area contributed by atoms with Gasteiger partial charge < -0.3 is 15.7 Å². The van der Waals surface area contributed by atoms with E-state index in [0.29, 0.717) is 16.1 Å². The van der Waals surface area contributed by atoms with Crippen molar-refractivity contribution < 1.29 is 19.5 Å². The molecule has 0 saturated carbocycles. The van der Waals surface area contributed by atoms with Crippen molar-refractivity contribution in [2.75, 3.05) is 0 Å². The van der Waals surface area contributed by atoms with E-state index >= 15 is 0 Å². The quantitative estimate of drug-likeness (QED) is 0.586. The number of aliphatic carboxylic acids is 1. The molecule has 2 amide bonds. The van der Waals surface area contributed by atoms with Crippen LogP contribution in [0.4, 0.5) is 0 Å². The Morgan fingerprint density at radius 3 is 2.22 bits per heavy atom. The number of carboxylic acids is 1. The van der Waals surface area contributed by atoms with Gasteiger partial charge in [-0.2, -0.15) is 0 Å². The van der Waals surface area contributed by atoms with Gasteiger partial charge >= 0.3 is 5.97 Å². The Morgan fingerprint density at radius 2 is 1.67 bits per heavy atom. The smallest absolute Gasteiger partial charge is 0.325 e. The number of carboxylic acid groups (broad SMARTS) is 1. The predicted molar refractivity (Wildman–Crippen MR) is 106 cm³/mol. The lowest BCUT2D eigenvalue weighted by Crippen LogP contribution is -2.42. The van der Waals surface area contributed by atoms with E-state index in [0.717, 1.165) is 4.47 Å². The minimum Gasteiger partial charge on any atom is -0.480 e. The molecule has 1 unspecified atom stereocenters. The Balaban J connectivity index is 2.29.